The molecule has 1 unspecified atom stereocenters. The Morgan fingerprint density at radius 3 is 3.20 bits per heavy atom. The number of aliphatic imine (C=N–C) groups is 1. The van der Waals surface area contributed by atoms with Gasteiger partial charge >= 0.3 is 0 Å². The minimum atomic E-state index is -0.154. The molecule has 3 nitrogen and oxygen atoms in total. The second kappa shape index (κ2) is 4.03. The van der Waals surface area contributed by atoms with Gasteiger partial charge in [0.25, 0.3) is 0 Å². The van der Waals surface area contributed by atoms with E-state index in [1.807, 2.05) is 6.08 Å². The number of H-pyrrole nitrogens is 1. The van der Waals surface area contributed by atoms with Gasteiger partial charge in [-0.1, -0.05) is 24.6 Å². The SMILES string of the molecule is CC1CC=CN=C(Cl)c2cc(=O)[nH]cc21. The molecule has 0 aliphatic carbocycles. The molecule has 0 radical (unpaired) electrons. The van der Waals surface area contributed by atoms with E-state index in [4.69, 9.17) is 11.6 Å². The van der Waals surface area contributed by atoms with Crippen LogP contribution in [0.15, 0.2) is 34.3 Å². The summed E-state index contributed by atoms with van der Waals surface area (Å²) in [6.07, 6.45) is 6.27. The molecule has 0 fully saturated rings. The van der Waals surface area contributed by atoms with E-state index in [9.17, 15) is 4.79 Å². The molecule has 0 amide bonds. The third-order valence-electron chi connectivity index (χ3n) is 2.49. The van der Waals surface area contributed by atoms with Gasteiger partial charge in [0.1, 0.15) is 5.17 Å². The average Bonchev–Trinajstić information content (AvgIpc) is 2.22. The van der Waals surface area contributed by atoms with Gasteiger partial charge in [-0.3, -0.25) is 4.79 Å². The monoisotopic (exact) mass is 222 g/mol. The number of nitrogens with zero attached hydrogens (tertiary/aromatic N) is 1. The maximum Gasteiger partial charge on any atom is 0.248 e. The first-order valence-corrected chi connectivity index (χ1v) is 5.17. The molecule has 78 valence electrons. The van der Waals surface area contributed by atoms with Crippen molar-refractivity contribution in [3.05, 3.63) is 46.0 Å². The van der Waals surface area contributed by atoms with Crippen LogP contribution in [-0.2, 0) is 0 Å². The molecule has 0 spiro atoms. The Hall–Kier alpha value is -1.35. The van der Waals surface area contributed by atoms with Gasteiger partial charge in [-0.05, 0) is 17.9 Å². The van der Waals surface area contributed by atoms with Crippen molar-refractivity contribution >= 4 is 16.8 Å². The lowest BCUT2D eigenvalue weighted by molar-refractivity contribution is 0.769. The molecule has 1 atom stereocenters. The summed E-state index contributed by atoms with van der Waals surface area (Å²) < 4.78 is 0. The number of nitrogens with one attached hydrogen (secondary N) is 1. The summed E-state index contributed by atoms with van der Waals surface area (Å²) >= 11 is 6.01. The number of fused-ring (bicyclic) bond motifs is 1. The molecule has 15 heavy (non-hydrogen) atoms. The maximum atomic E-state index is 11.2. The van der Waals surface area contributed by atoms with Crippen LogP contribution in [0.2, 0.25) is 0 Å². The number of allylic oxidation sites excluding steroid dienone is 1. The molecule has 1 aliphatic heterocycles. The quantitative estimate of drug-likeness (QED) is 0.720. The average molecular weight is 223 g/mol. The molecule has 0 saturated heterocycles. The number of rotatable bonds is 0. The zero-order valence-corrected chi connectivity index (χ0v) is 9.08. The zero-order chi connectivity index (χ0) is 10.8. The number of aromatic nitrogens is 1. The van der Waals surface area contributed by atoms with Gasteiger partial charge in [0.05, 0.1) is 0 Å². The first kappa shape index (κ1) is 10.2. The Morgan fingerprint density at radius 2 is 2.40 bits per heavy atom. The van der Waals surface area contributed by atoms with Gasteiger partial charge in [0.2, 0.25) is 5.56 Å². The molecule has 0 aromatic carbocycles. The van der Waals surface area contributed by atoms with E-state index in [0.717, 1.165) is 17.5 Å². The fraction of sp³-hybridized carbons (Fsp3) is 0.273. The summed E-state index contributed by atoms with van der Waals surface area (Å²) in [7, 11) is 0. The van der Waals surface area contributed by atoms with Crippen LogP contribution in [-0.4, -0.2) is 10.2 Å². The van der Waals surface area contributed by atoms with E-state index in [1.165, 1.54) is 6.07 Å². The summed E-state index contributed by atoms with van der Waals surface area (Å²) in [4.78, 5) is 17.9. The Kier molecular flexibility index (Phi) is 2.73. The molecule has 0 saturated carbocycles. The number of aromatic amines is 1. The van der Waals surface area contributed by atoms with Crippen molar-refractivity contribution in [2.45, 2.75) is 19.3 Å². The molecular weight excluding hydrogens is 212 g/mol. The maximum absolute atomic E-state index is 11.2. The van der Waals surface area contributed by atoms with Crippen LogP contribution in [0.25, 0.3) is 0 Å². The van der Waals surface area contributed by atoms with Crippen molar-refractivity contribution in [1.29, 1.82) is 0 Å². The molecule has 1 aliphatic rings. The highest BCUT2D eigenvalue weighted by Gasteiger charge is 2.14. The van der Waals surface area contributed by atoms with Gasteiger partial charge < -0.3 is 4.98 Å². The predicted molar refractivity (Wildman–Crippen MR) is 61.6 cm³/mol. The summed E-state index contributed by atoms with van der Waals surface area (Å²) in [6.45, 7) is 2.09. The second-order valence-electron chi connectivity index (χ2n) is 3.61. The van der Waals surface area contributed by atoms with Crippen molar-refractivity contribution in [2.24, 2.45) is 4.99 Å². The smallest absolute Gasteiger partial charge is 0.248 e. The van der Waals surface area contributed by atoms with Crippen LogP contribution in [0.5, 0.6) is 0 Å². The molecule has 2 heterocycles. The molecule has 1 aromatic heterocycles. The Morgan fingerprint density at radius 1 is 1.60 bits per heavy atom. The molecule has 4 heteroatoms. The lowest BCUT2D eigenvalue weighted by atomic mass is 9.95. The third-order valence-corrected chi connectivity index (χ3v) is 2.79. The number of halogens is 1. The van der Waals surface area contributed by atoms with Gasteiger partial charge in [-0.2, -0.15) is 0 Å². The van der Waals surface area contributed by atoms with Crippen molar-refractivity contribution in [2.75, 3.05) is 0 Å². The largest absolute Gasteiger partial charge is 0.329 e. The summed E-state index contributed by atoms with van der Waals surface area (Å²) in [5.41, 5.74) is 1.61. The molecule has 2 rings (SSSR count). The minimum absolute atomic E-state index is 0.154. The van der Waals surface area contributed by atoms with Gasteiger partial charge in [-0.25, -0.2) is 4.99 Å². The lowest BCUT2D eigenvalue weighted by Crippen LogP contribution is -2.12. The number of hydrogen-bond donors (Lipinski definition) is 1. The Balaban J connectivity index is 2.65. The van der Waals surface area contributed by atoms with E-state index in [1.54, 1.807) is 12.4 Å². The lowest BCUT2D eigenvalue weighted by Gasteiger charge is -2.14. The van der Waals surface area contributed by atoms with Crippen molar-refractivity contribution in [3.8, 4) is 0 Å². The Bertz CT molecular complexity index is 488. The number of hydrogen-bond acceptors (Lipinski definition) is 2. The minimum Gasteiger partial charge on any atom is -0.329 e. The van der Waals surface area contributed by atoms with Crippen molar-refractivity contribution in [3.63, 3.8) is 0 Å². The predicted octanol–water partition coefficient (Wildman–Crippen LogP) is 2.38. The van der Waals surface area contributed by atoms with E-state index in [0.29, 0.717) is 11.1 Å². The third kappa shape index (κ3) is 2.02. The van der Waals surface area contributed by atoms with Crippen LogP contribution in [0, 0.1) is 0 Å². The van der Waals surface area contributed by atoms with Crippen molar-refractivity contribution < 1.29 is 0 Å². The highest BCUT2D eigenvalue weighted by Crippen LogP contribution is 2.24. The summed E-state index contributed by atoms with van der Waals surface area (Å²) in [6, 6.07) is 1.50. The highest BCUT2D eigenvalue weighted by atomic mass is 35.5. The summed E-state index contributed by atoms with van der Waals surface area (Å²) in [5.74, 6) is 0.331. The topological polar surface area (TPSA) is 45.2 Å². The van der Waals surface area contributed by atoms with Crippen LogP contribution in [0.1, 0.15) is 30.4 Å². The van der Waals surface area contributed by atoms with Crippen LogP contribution in [0.4, 0.5) is 0 Å². The second-order valence-corrected chi connectivity index (χ2v) is 3.97. The highest BCUT2D eigenvalue weighted by molar-refractivity contribution is 6.69. The first-order valence-electron chi connectivity index (χ1n) is 4.80. The van der Waals surface area contributed by atoms with Gasteiger partial charge in [0.15, 0.2) is 0 Å². The normalized spacial score (nSPS) is 20.1. The van der Waals surface area contributed by atoms with E-state index in [-0.39, 0.29) is 5.56 Å². The zero-order valence-electron chi connectivity index (χ0n) is 8.33. The Labute approximate surface area is 92.5 Å². The fourth-order valence-electron chi connectivity index (χ4n) is 1.65. The van der Waals surface area contributed by atoms with E-state index in [2.05, 4.69) is 16.9 Å². The van der Waals surface area contributed by atoms with Gasteiger partial charge in [0, 0.05) is 24.0 Å². The van der Waals surface area contributed by atoms with Crippen LogP contribution >= 0.6 is 11.6 Å². The van der Waals surface area contributed by atoms with Crippen molar-refractivity contribution in [1.82, 2.24) is 4.98 Å². The first-order chi connectivity index (χ1) is 7.18. The number of pyridine rings is 1. The molecular formula is C11H11ClN2O. The fourth-order valence-corrected chi connectivity index (χ4v) is 1.87. The van der Waals surface area contributed by atoms with Gasteiger partial charge in [-0.15, -0.1) is 0 Å². The van der Waals surface area contributed by atoms with E-state index >= 15 is 0 Å². The standard InChI is InChI=1S/C11H11ClN2O/c1-7-3-2-4-13-11(12)8-5-10(15)14-6-9(7)8/h2,4-7H,3H2,1H3,(H,14,15). The summed E-state index contributed by atoms with van der Waals surface area (Å²) in [5, 5.41) is 0.374. The molecule has 0 bridgehead atoms. The van der Waals surface area contributed by atoms with Crippen LogP contribution in [0.3, 0.4) is 0 Å². The molecule has 1 aromatic rings. The molecule has 1 N–H and O–H groups in total. The van der Waals surface area contributed by atoms with Crippen LogP contribution < -0.4 is 5.56 Å². The van der Waals surface area contributed by atoms with E-state index < -0.39 is 0 Å².